The highest BCUT2D eigenvalue weighted by molar-refractivity contribution is 5.85. The maximum absolute atomic E-state index is 5.64. The Morgan fingerprint density at radius 3 is 2.62 bits per heavy atom. The van der Waals surface area contributed by atoms with Crippen LogP contribution in [0.5, 0.6) is 11.8 Å². The Balaban J connectivity index is 0.00000161. The molecule has 0 bridgehead atoms. The average Bonchev–Trinajstić information content (AvgIpc) is 3.00. The van der Waals surface area contributed by atoms with Crippen molar-refractivity contribution >= 4 is 12.4 Å². The minimum Gasteiger partial charge on any atom is -0.424 e. The Hall–Kier alpha value is -1.65. The molecule has 1 aromatic carbocycles. The Morgan fingerprint density at radius 1 is 1.10 bits per heavy atom. The quantitative estimate of drug-likeness (QED) is 0.914. The maximum Gasteiger partial charge on any atom is 0.321 e. The number of hydrogen-bond acceptors (Lipinski definition) is 4. The lowest BCUT2D eigenvalue weighted by atomic mass is 10.2. The summed E-state index contributed by atoms with van der Waals surface area (Å²) >= 11 is 0. The Morgan fingerprint density at radius 2 is 1.86 bits per heavy atom. The molecule has 0 unspecified atom stereocenters. The third-order valence-electron chi connectivity index (χ3n) is 3.60. The van der Waals surface area contributed by atoms with E-state index in [0.717, 1.165) is 12.3 Å². The van der Waals surface area contributed by atoms with Gasteiger partial charge < -0.3 is 10.1 Å². The van der Waals surface area contributed by atoms with E-state index in [9.17, 15) is 0 Å². The van der Waals surface area contributed by atoms with Gasteiger partial charge >= 0.3 is 6.01 Å². The second-order valence-corrected chi connectivity index (χ2v) is 5.14. The van der Waals surface area contributed by atoms with Crippen molar-refractivity contribution in [2.75, 3.05) is 0 Å². The van der Waals surface area contributed by atoms with E-state index in [-0.39, 0.29) is 12.4 Å². The summed E-state index contributed by atoms with van der Waals surface area (Å²) in [5.41, 5.74) is 1.23. The maximum atomic E-state index is 5.64. The van der Waals surface area contributed by atoms with Gasteiger partial charge in [0, 0.05) is 25.0 Å². The molecule has 112 valence electrons. The first-order valence-electron chi connectivity index (χ1n) is 7.17. The Bertz CT molecular complexity index is 544. The van der Waals surface area contributed by atoms with Crippen LogP contribution >= 0.6 is 12.4 Å². The normalized spacial score (nSPS) is 14.7. The van der Waals surface area contributed by atoms with Crippen LogP contribution in [0.4, 0.5) is 0 Å². The van der Waals surface area contributed by atoms with E-state index in [4.69, 9.17) is 4.74 Å². The molecule has 0 radical (unpaired) electrons. The molecule has 3 rings (SSSR count). The summed E-state index contributed by atoms with van der Waals surface area (Å²) in [6, 6.07) is 10.9. The van der Waals surface area contributed by atoms with E-state index in [2.05, 4.69) is 21.4 Å². The fourth-order valence-corrected chi connectivity index (χ4v) is 2.55. The largest absolute Gasteiger partial charge is 0.424 e. The van der Waals surface area contributed by atoms with Crippen molar-refractivity contribution in [3.05, 3.63) is 48.3 Å². The number of nitrogens with zero attached hydrogens (tertiary/aromatic N) is 2. The van der Waals surface area contributed by atoms with Gasteiger partial charge in [0.1, 0.15) is 5.75 Å². The van der Waals surface area contributed by atoms with Crippen molar-refractivity contribution in [3.63, 3.8) is 0 Å². The molecule has 2 aromatic rings. The number of halogens is 1. The van der Waals surface area contributed by atoms with Crippen LogP contribution in [-0.4, -0.2) is 16.0 Å². The molecule has 1 aliphatic rings. The molecule has 21 heavy (non-hydrogen) atoms. The molecule has 1 N–H and O–H groups in total. The van der Waals surface area contributed by atoms with E-state index in [1.807, 2.05) is 18.2 Å². The van der Waals surface area contributed by atoms with E-state index in [1.54, 1.807) is 18.5 Å². The third kappa shape index (κ3) is 4.69. The zero-order valence-corrected chi connectivity index (χ0v) is 12.7. The van der Waals surface area contributed by atoms with Crippen LogP contribution in [0.2, 0.25) is 0 Å². The van der Waals surface area contributed by atoms with Crippen LogP contribution in [0.15, 0.2) is 42.7 Å². The summed E-state index contributed by atoms with van der Waals surface area (Å²) < 4.78 is 5.64. The molecule has 0 amide bonds. The molecule has 0 atom stereocenters. The molecule has 1 aromatic heterocycles. The van der Waals surface area contributed by atoms with Crippen molar-refractivity contribution in [2.45, 2.75) is 38.3 Å². The second kappa shape index (κ2) is 7.96. The smallest absolute Gasteiger partial charge is 0.321 e. The van der Waals surface area contributed by atoms with Gasteiger partial charge in [0.15, 0.2) is 0 Å². The lowest BCUT2D eigenvalue weighted by Crippen LogP contribution is -2.25. The second-order valence-electron chi connectivity index (χ2n) is 5.14. The molecule has 1 heterocycles. The predicted octanol–water partition coefficient (Wildman–Crippen LogP) is 3.72. The molecule has 0 saturated heterocycles. The fourth-order valence-electron chi connectivity index (χ4n) is 2.55. The van der Waals surface area contributed by atoms with Crippen LogP contribution in [0.25, 0.3) is 0 Å². The highest BCUT2D eigenvalue weighted by atomic mass is 35.5. The van der Waals surface area contributed by atoms with Crippen molar-refractivity contribution in [2.24, 2.45) is 0 Å². The van der Waals surface area contributed by atoms with Gasteiger partial charge in [-0.25, -0.2) is 9.97 Å². The summed E-state index contributed by atoms with van der Waals surface area (Å²) in [6.45, 7) is 0.886. The summed E-state index contributed by atoms with van der Waals surface area (Å²) in [5, 5.41) is 3.60. The highest BCUT2D eigenvalue weighted by Gasteiger charge is 2.13. The minimum absolute atomic E-state index is 0. The number of ether oxygens (including phenoxy) is 1. The van der Waals surface area contributed by atoms with Gasteiger partial charge in [-0.3, -0.25) is 0 Å². The van der Waals surface area contributed by atoms with Gasteiger partial charge in [-0.05, 0) is 36.6 Å². The molecule has 4 nitrogen and oxygen atoms in total. The van der Waals surface area contributed by atoms with Crippen LogP contribution in [-0.2, 0) is 6.54 Å². The monoisotopic (exact) mass is 305 g/mol. The summed E-state index contributed by atoms with van der Waals surface area (Å²) in [5.74, 6) is 0.780. The number of aromatic nitrogens is 2. The van der Waals surface area contributed by atoms with Gasteiger partial charge in [0.2, 0.25) is 0 Å². The number of nitrogens with one attached hydrogen (secondary N) is 1. The zero-order valence-electron chi connectivity index (χ0n) is 11.9. The van der Waals surface area contributed by atoms with Crippen LogP contribution in [0.3, 0.4) is 0 Å². The van der Waals surface area contributed by atoms with E-state index in [1.165, 1.54) is 31.2 Å². The van der Waals surface area contributed by atoms with Crippen molar-refractivity contribution in [1.29, 1.82) is 0 Å². The first-order valence-corrected chi connectivity index (χ1v) is 7.17. The molecule has 5 heteroatoms. The lowest BCUT2D eigenvalue weighted by Gasteiger charge is -2.12. The fraction of sp³-hybridized carbons (Fsp3) is 0.375. The third-order valence-corrected chi connectivity index (χ3v) is 3.60. The Labute approximate surface area is 131 Å². The van der Waals surface area contributed by atoms with Crippen LogP contribution in [0, 0.1) is 0 Å². The first-order chi connectivity index (χ1) is 9.90. The zero-order chi connectivity index (χ0) is 13.6. The predicted molar refractivity (Wildman–Crippen MR) is 84.9 cm³/mol. The van der Waals surface area contributed by atoms with Crippen LogP contribution < -0.4 is 10.1 Å². The van der Waals surface area contributed by atoms with Crippen molar-refractivity contribution < 1.29 is 4.74 Å². The van der Waals surface area contributed by atoms with Crippen molar-refractivity contribution in [1.82, 2.24) is 15.3 Å². The number of hydrogen-bond donors (Lipinski definition) is 1. The first kappa shape index (κ1) is 15.7. The summed E-state index contributed by atoms with van der Waals surface area (Å²) in [6.07, 6.45) is 8.65. The molecule has 0 aliphatic heterocycles. The lowest BCUT2D eigenvalue weighted by molar-refractivity contribution is 0.440. The van der Waals surface area contributed by atoms with Gasteiger partial charge in [-0.15, -0.1) is 12.4 Å². The topological polar surface area (TPSA) is 47.0 Å². The van der Waals surface area contributed by atoms with Gasteiger partial charge in [-0.1, -0.05) is 25.0 Å². The molecular weight excluding hydrogens is 286 g/mol. The summed E-state index contributed by atoms with van der Waals surface area (Å²) in [4.78, 5) is 8.13. The molecule has 0 spiro atoms. The van der Waals surface area contributed by atoms with Crippen molar-refractivity contribution in [3.8, 4) is 11.8 Å². The Kier molecular flexibility index (Phi) is 5.96. The van der Waals surface area contributed by atoms with Gasteiger partial charge in [0.25, 0.3) is 0 Å². The van der Waals surface area contributed by atoms with Crippen LogP contribution in [0.1, 0.15) is 31.2 Å². The number of benzene rings is 1. The highest BCUT2D eigenvalue weighted by Crippen LogP contribution is 2.20. The molecule has 1 saturated carbocycles. The molecule has 1 fully saturated rings. The van der Waals surface area contributed by atoms with E-state index < -0.39 is 0 Å². The SMILES string of the molecule is Cl.c1cnc(Oc2cccc(CNC3CCCC3)c2)nc1. The van der Waals surface area contributed by atoms with Gasteiger partial charge in [0.05, 0.1) is 0 Å². The molecular formula is C16H20ClN3O. The molecule has 1 aliphatic carbocycles. The minimum atomic E-state index is 0. The van der Waals surface area contributed by atoms with E-state index >= 15 is 0 Å². The number of rotatable bonds is 5. The average molecular weight is 306 g/mol. The van der Waals surface area contributed by atoms with Gasteiger partial charge in [-0.2, -0.15) is 0 Å². The standard InChI is InChI=1S/C16H19N3O.ClH/c1-2-7-14(6-1)19-12-13-5-3-8-15(11-13)20-16-17-9-4-10-18-16;/h3-5,8-11,14,19H,1-2,6-7,12H2;1H. The van der Waals surface area contributed by atoms with E-state index in [0.29, 0.717) is 12.1 Å². The summed E-state index contributed by atoms with van der Waals surface area (Å²) in [7, 11) is 0.